The molecule has 0 saturated carbocycles. The first kappa shape index (κ1) is 20.3. The Bertz CT molecular complexity index is 1220. The molecule has 0 unspecified atom stereocenters. The Morgan fingerprint density at radius 3 is 2.44 bits per heavy atom. The Labute approximate surface area is 190 Å². The summed E-state index contributed by atoms with van der Waals surface area (Å²) in [5.41, 5.74) is 4.08. The van der Waals surface area contributed by atoms with Crippen LogP contribution in [0.5, 0.6) is 0 Å². The molecule has 2 aromatic heterocycles. The lowest BCUT2D eigenvalue weighted by Crippen LogP contribution is -2.25. The van der Waals surface area contributed by atoms with Crippen LogP contribution in [0.15, 0.2) is 99.9 Å². The van der Waals surface area contributed by atoms with Crippen molar-refractivity contribution in [2.24, 2.45) is 5.10 Å². The summed E-state index contributed by atoms with van der Waals surface area (Å²) in [6.45, 7) is 1.16. The molecule has 32 heavy (non-hydrogen) atoms. The lowest BCUT2D eigenvalue weighted by molar-refractivity contribution is -0.127. The zero-order valence-corrected chi connectivity index (χ0v) is 18.2. The third kappa shape index (κ3) is 4.38. The van der Waals surface area contributed by atoms with E-state index in [1.165, 1.54) is 11.8 Å². The van der Waals surface area contributed by atoms with E-state index in [0.717, 1.165) is 39.9 Å². The minimum absolute atomic E-state index is 0.0188. The van der Waals surface area contributed by atoms with Gasteiger partial charge >= 0.3 is 0 Å². The Morgan fingerprint density at radius 1 is 0.969 bits per heavy atom. The standard InChI is InChI=1S/C25H22N4O2S/c30-24(29-14-13-22(27-29)19-8-3-1-4-9-19)18-32-25-26-16-23(20-10-5-2-6-11-20)28(25)17-21-12-7-15-31-21/h1-12,15-16H,13-14,17-18H2. The van der Waals surface area contributed by atoms with Crippen LogP contribution in [0.1, 0.15) is 17.7 Å². The SMILES string of the molecule is O=C(CSc1ncc(-c2ccccc2)n1Cc1ccco1)N1CCC(c2ccccc2)=N1. The normalized spacial score (nSPS) is 13.4. The highest BCUT2D eigenvalue weighted by atomic mass is 32.2. The van der Waals surface area contributed by atoms with Crippen molar-refractivity contribution < 1.29 is 9.21 Å². The lowest BCUT2D eigenvalue weighted by atomic mass is 10.1. The molecule has 0 saturated heterocycles. The summed E-state index contributed by atoms with van der Waals surface area (Å²) in [5, 5.41) is 6.91. The van der Waals surface area contributed by atoms with Gasteiger partial charge in [-0.2, -0.15) is 5.10 Å². The maximum absolute atomic E-state index is 12.8. The first-order valence-corrected chi connectivity index (χ1v) is 11.5. The summed E-state index contributed by atoms with van der Waals surface area (Å²) >= 11 is 1.43. The highest BCUT2D eigenvalue weighted by Gasteiger charge is 2.23. The van der Waals surface area contributed by atoms with Gasteiger partial charge in [-0.25, -0.2) is 9.99 Å². The summed E-state index contributed by atoms with van der Waals surface area (Å²) in [5.74, 6) is 1.09. The van der Waals surface area contributed by atoms with E-state index in [4.69, 9.17) is 4.42 Å². The van der Waals surface area contributed by atoms with Crippen molar-refractivity contribution in [3.63, 3.8) is 0 Å². The van der Waals surface area contributed by atoms with Crippen molar-refractivity contribution in [3.8, 4) is 11.3 Å². The van der Waals surface area contributed by atoms with E-state index in [-0.39, 0.29) is 11.7 Å². The molecule has 0 atom stereocenters. The molecule has 3 heterocycles. The molecule has 1 amide bonds. The monoisotopic (exact) mass is 442 g/mol. The van der Waals surface area contributed by atoms with E-state index in [1.807, 2.05) is 66.9 Å². The molecule has 5 rings (SSSR count). The molecule has 2 aromatic carbocycles. The molecule has 7 heteroatoms. The molecule has 0 bridgehead atoms. The van der Waals surface area contributed by atoms with Crippen LogP contribution in [0.4, 0.5) is 0 Å². The lowest BCUT2D eigenvalue weighted by Gasteiger charge is -2.13. The second kappa shape index (κ2) is 9.28. The highest BCUT2D eigenvalue weighted by molar-refractivity contribution is 7.99. The van der Waals surface area contributed by atoms with Gasteiger partial charge in [0.15, 0.2) is 5.16 Å². The summed E-state index contributed by atoms with van der Waals surface area (Å²) in [6, 6.07) is 23.9. The van der Waals surface area contributed by atoms with Gasteiger partial charge < -0.3 is 8.98 Å². The highest BCUT2D eigenvalue weighted by Crippen LogP contribution is 2.28. The van der Waals surface area contributed by atoms with Crippen LogP contribution in [0, 0.1) is 0 Å². The Balaban J connectivity index is 1.32. The van der Waals surface area contributed by atoms with Gasteiger partial charge in [0.2, 0.25) is 0 Å². The zero-order valence-electron chi connectivity index (χ0n) is 17.4. The third-order valence-corrected chi connectivity index (χ3v) is 6.28. The second-order valence-corrected chi connectivity index (χ2v) is 8.37. The van der Waals surface area contributed by atoms with Crippen LogP contribution in [0.3, 0.4) is 0 Å². The molecule has 0 N–H and O–H groups in total. The molecule has 0 fully saturated rings. The molecule has 1 aliphatic rings. The van der Waals surface area contributed by atoms with E-state index in [1.54, 1.807) is 11.3 Å². The summed E-state index contributed by atoms with van der Waals surface area (Å²) in [7, 11) is 0. The molecule has 160 valence electrons. The summed E-state index contributed by atoms with van der Waals surface area (Å²) < 4.78 is 7.65. The summed E-state index contributed by atoms with van der Waals surface area (Å²) in [6.07, 6.45) is 4.29. The van der Waals surface area contributed by atoms with E-state index in [2.05, 4.69) is 26.8 Å². The fourth-order valence-electron chi connectivity index (χ4n) is 3.70. The van der Waals surface area contributed by atoms with Crippen molar-refractivity contribution in [3.05, 3.63) is 96.6 Å². The molecule has 6 nitrogen and oxygen atoms in total. The fraction of sp³-hybridized carbons (Fsp3) is 0.160. The van der Waals surface area contributed by atoms with Crippen LogP contribution >= 0.6 is 11.8 Å². The number of furan rings is 1. The van der Waals surface area contributed by atoms with Crippen molar-refractivity contribution in [1.29, 1.82) is 0 Å². The Hall–Kier alpha value is -3.58. The van der Waals surface area contributed by atoms with Gasteiger partial charge in [-0.1, -0.05) is 72.4 Å². The van der Waals surface area contributed by atoms with Crippen LogP contribution in [0.2, 0.25) is 0 Å². The number of rotatable bonds is 7. The van der Waals surface area contributed by atoms with E-state index in [9.17, 15) is 4.79 Å². The van der Waals surface area contributed by atoms with Gasteiger partial charge in [-0.3, -0.25) is 4.79 Å². The van der Waals surface area contributed by atoms with Gasteiger partial charge in [-0.15, -0.1) is 0 Å². The number of aromatic nitrogens is 2. The molecule has 0 spiro atoms. The Morgan fingerprint density at radius 2 is 1.72 bits per heavy atom. The first-order chi connectivity index (χ1) is 15.8. The number of benzene rings is 2. The number of imidazole rings is 1. The topological polar surface area (TPSA) is 63.6 Å². The van der Waals surface area contributed by atoms with Crippen LogP contribution < -0.4 is 0 Å². The maximum Gasteiger partial charge on any atom is 0.253 e. The number of thioether (sulfide) groups is 1. The van der Waals surface area contributed by atoms with Crippen molar-refractivity contribution in [2.75, 3.05) is 12.3 Å². The third-order valence-electron chi connectivity index (χ3n) is 5.30. The van der Waals surface area contributed by atoms with Crippen molar-refractivity contribution >= 4 is 23.4 Å². The fourth-order valence-corrected chi connectivity index (χ4v) is 4.54. The zero-order chi connectivity index (χ0) is 21.8. The molecule has 0 aliphatic carbocycles. The van der Waals surface area contributed by atoms with Gasteiger partial charge in [-0.05, 0) is 23.3 Å². The van der Waals surface area contributed by atoms with Crippen LogP contribution in [-0.4, -0.2) is 38.5 Å². The second-order valence-electron chi connectivity index (χ2n) is 7.43. The number of hydrazone groups is 1. The van der Waals surface area contributed by atoms with Crippen molar-refractivity contribution in [2.45, 2.75) is 18.1 Å². The van der Waals surface area contributed by atoms with E-state index >= 15 is 0 Å². The smallest absolute Gasteiger partial charge is 0.253 e. The minimum atomic E-state index is -0.0188. The molecule has 0 radical (unpaired) electrons. The molecule has 1 aliphatic heterocycles. The van der Waals surface area contributed by atoms with Crippen molar-refractivity contribution in [1.82, 2.24) is 14.6 Å². The largest absolute Gasteiger partial charge is 0.467 e. The number of nitrogens with zero attached hydrogens (tertiary/aromatic N) is 4. The quantitative estimate of drug-likeness (QED) is 0.381. The number of carbonyl (C=O) groups excluding carboxylic acids is 1. The van der Waals surface area contributed by atoms with Gasteiger partial charge in [0.1, 0.15) is 5.76 Å². The van der Waals surface area contributed by atoms with Gasteiger partial charge in [0.05, 0.1) is 42.7 Å². The molecule has 4 aromatic rings. The van der Waals surface area contributed by atoms with Crippen LogP contribution in [0.25, 0.3) is 11.3 Å². The predicted octanol–water partition coefficient (Wildman–Crippen LogP) is 4.92. The average Bonchev–Trinajstić information content (AvgIpc) is 3.61. The van der Waals surface area contributed by atoms with Gasteiger partial charge in [0.25, 0.3) is 5.91 Å². The molecular weight excluding hydrogens is 420 g/mol. The number of hydrogen-bond acceptors (Lipinski definition) is 5. The van der Waals surface area contributed by atoms with Crippen LogP contribution in [-0.2, 0) is 11.3 Å². The summed E-state index contributed by atoms with van der Waals surface area (Å²) in [4.78, 5) is 17.5. The average molecular weight is 443 g/mol. The van der Waals surface area contributed by atoms with Gasteiger partial charge in [0, 0.05) is 6.42 Å². The Kier molecular flexibility index (Phi) is 5.89. The first-order valence-electron chi connectivity index (χ1n) is 10.5. The number of hydrogen-bond donors (Lipinski definition) is 0. The predicted molar refractivity (Wildman–Crippen MR) is 126 cm³/mol. The van der Waals surface area contributed by atoms with E-state index in [0.29, 0.717) is 13.1 Å². The number of carbonyl (C=O) groups is 1. The van der Waals surface area contributed by atoms with E-state index < -0.39 is 0 Å². The minimum Gasteiger partial charge on any atom is -0.467 e. The number of amides is 1. The maximum atomic E-state index is 12.8. The molecular formula is C25H22N4O2S.